The van der Waals surface area contributed by atoms with Crippen molar-refractivity contribution in [3.63, 3.8) is 0 Å². The second-order valence-corrected chi connectivity index (χ2v) is 3.99. The summed E-state index contributed by atoms with van der Waals surface area (Å²) < 4.78 is 4.06. The molecule has 0 radical (unpaired) electrons. The van der Waals surface area contributed by atoms with Gasteiger partial charge in [0.25, 0.3) is 0 Å². The van der Waals surface area contributed by atoms with Crippen molar-refractivity contribution in [1.82, 2.24) is 6.15 Å². The number of hydrogen-bond acceptors (Lipinski definition) is 3. The van der Waals surface area contributed by atoms with E-state index in [9.17, 15) is 4.79 Å². The van der Waals surface area contributed by atoms with Gasteiger partial charge in [-0.05, 0) is 0 Å². The van der Waals surface area contributed by atoms with Crippen molar-refractivity contribution in [3.8, 4) is 0 Å². The molecule has 0 rings (SSSR count). The molecule has 0 aromatic heterocycles. The van der Waals surface area contributed by atoms with E-state index in [4.69, 9.17) is 5.11 Å². The Kier molecular flexibility index (Phi) is 10.4. The molecule has 0 aliphatic carbocycles. The van der Waals surface area contributed by atoms with Gasteiger partial charge >= 0.3 is 55.1 Å². The average molecular weight is 372 g/mol. The Labute approximate surface area is 60.9 Å². The topological polar surface area (TPSA) is 81.5 Å². The zero-order chi connectivity index (χ0) is 4.99. The van der Waals surface area contributed by atoms with Crippen LogP contribution >= 0.6 is 0 Å². The van der Waals surface area contributed by atoms with Crippen molar-refractivity contribution in [2.75, 3.05) is 0 Å². The van der Waals surface area contributed by atoms with Crippen LogP contribution in [-0.4, -0.2) is 11.3 Å². The Balaban J connectivity index is 0. The number of hydrogen-bond donors (Lipinski definition) is 2. The Hall–Kier alpha value is 0.801. The van der Waals surface area contributed by atoms with E-state index in [-0.39, 0.29) is 6.15 Å². The van der Waals surface area contributed by atoms with Crippen LogP contribution in [0.4, 0.5) is 4.79 Å². The maximum absolute atomic E-state index is 9.39. The summed E-state index contributed by atoms with van der Waals surface area (Å²) in [6.45, 7) is 0. The Morgan fingerprint density at radius 2 is 2.29 bits per heavy atom. The second-order valence-electron chi connectivity index (χ2n) is 0.440. The molecule has 0 aliphatic rings. The molecular weight excluding hydrogens is 368 g/mol. The summed E-state index contributed by atoms with van der Waals surface area (Å²) in [7, 11) is 0. The first-order valence-corrected chi connectivity index (χ1v) is 9.33. The first-order valence-electron chi connectivity index (χ1n) is 1.01. The van der Waals surface area contributed by atoms with Crippen molar-refractivity contribution >= 4 is 6.16 Å². The predicted molar refractivity (Wildman–Crippen MR) is 14.1 cm³/mol. The molecule has 0 aromatic rings. The molecule has 0 saturated carbocycles. The van der Waals surface area contributed by atoms with E-state index in [1.54, 1.807) is 0 Å². The van der Waals surface area contributed by atoms with Crippen LogP contribution in [0.15, 0.2) is 0 Å². The summed E-state index contributed by atoms with van der Waals surface area (Å²) in [6, 6.07) is 0. The molecule has 7 heavy (non-hydrogen) atoms. The van der Waals surface area contributed by atoms with Crippen molar-refractivity contribution in [3.05, 3.63) is 0 Å². The van der Waals surface area contributed by atoms with Crippen molar-refractivity contribution in [1.29, 1.82) is 0 Å². The first-order chi connectivity index (χ1) is 2.77. The fourth-order valence-corrected chi connectivity index (χ4v) is 1.19. The second kappa shape index (κ2) is 6.80. The van der Waals surface area contributed by atoms with Crippen molar-refractivity contribution < 1.29 is 49.0 Å². The molecular formula is CH4FeNO3U. The van der Waals surface area contributed by atoms with Crippen LogP contribution in [-0.2, 0) is 13.5 Å². The fraction of sp³-hybridized carbons (Fsp3) is 0. The van der Waals surface area contributed by atoms with E-state index in [0.717, 1.165) is 0 Å². The van der Waals surface area contributed by atoms with E-state index in [1.807, 2.05) is 0 Å². The number of carboxylic acid groups (broad SMARTS) is 1. The van der Waals surface area contributed by atoms with E-state index < -0.39 is 31.7 Å². The van der Waals surface area contributed by atoms with E-state index in [0.29, 0.717) is 0 Å². The van der Waals surface area contributed by atoms with E-state index >= 15 is 0 Å². The third-order valence-electron chi connectivity index (χ3n) is 0.123. The molecule has 4 N–H and O–H groups in total. The third kappa shape index (κ3) is 10.9. The standard InChI is InChI=1S/CH2O3.Fe.H3N.U/c2-1(3)4;;;/h(H2,2,3,4);;1H3;/q;;;+1/p-1. The summed E-state index contributed by atoms with van der Waals surface area (Å²) in [5.41, 5.74) is 0. The van der Waals surface area contributed by atoms with Gasteiger partial charge in [-0.1, -0.05) is 0 Å². The minimum absolute atomic E-state index is 0. The minimum atomic E-state index is -1.47. The summed E-state index contributed by atoms with van der Waals surface area (Å²) in [4.78, 5) is 9.39. The predicted octanol–water partition coefficient (Wildman–Crippen LogP) is 0.305. The maximum atomic E-state index is 9.39. The third-order valence-corrected chi connectivity index (χ3v) is 2.20. The van der Waals surface area contributed by atoms with Gasteiger partial charge in [-0.2, -0.15) is 0 Å². The Morgan fingerprint density at radius 1 is 1.86 bits per heavy atom. The first kappa shape index (κ1) is 10.7. The summed E-state index contributed by atoms with van der Waals surface area (Å²) in [6.07, 6.45) is -1.18. The van der Waals surface area contributed by atoms with Crippen molar-refractivity contribution in [2.24, 2.45) is 0 Å². The SMILES string of the molecule is N.O=C(O)[O][U][Fe]. The van der Waals surface area contributed by atoms with E-state index in [2.05, 4.69) is 13.5 Å². The van der Waals surface area contributed by atoms with Crippen molar-refractivity contribution in [2.45, 2.75) is 0 Å². The molecule has 0 aliphatic heterocycles. The monoisotopic (exact) mass is 372 g/mol. The molecule has 0 amide bonds. The molecule has 0 fully saturated rings. The summed E-state index contributed by atoms with van der Waals surface area (Å²) >= 11 is 1.86. The van der Waals surface area contributed by atoms with Gasteiger partial charge in [0.15, 0.2) is 0 Å². The van der Waals surface area contributed by atoms with Gasteiger partial charge in [0.1, 0.15) is 0 Å². The van der Waals surface area contributed by atoms with Crippen LogP contribution in [0.3, 0.4) is 0 Å². The van der Waals surface area contributed by atoms with Gasteiger partial charge in [0, 0.05) is 0 Å². The van der Waals surface area contributed by atoms with Crippen LogP contribution in [0.5, 0.6) is 0 Å². The molecule has 0 bridgehead atoms. The molecule has 0 atom stereocenters. The van der Waals surface area contributed by atoms with Crippen LogP contribution in [0.25, 0.3) is 0 Å². The van der Waals surface area contributed by atoms with Gasteiger partial charge in [0.05, 0.1) is 0 Å². The van der Waals surface area contributed by atoms with Crippen LogP contribution in [0, 0.1) is 25.6 Å². The molecule has 0 heterocycles. The molecule has 0 saturated heterocycles. The Bertz CT molecular complexity index is 58.9. The molecule has 6 heteroatoms. The van der Waals surface area contributed by atoms with Crippen LogP contribution in [0.2, 0.25) is 0 Å². The van der Waals surface area contributed by atoms with Gasteiger partial charge in [-0.15, -0.1) is 0 Å². The van der Waals surface area contributed by atoms with Crippen LogP contribution < -0.4 is 6.15 Å². The summed E-state index contributed by atoms with van der Waals surface area (Å²) in [5.74, 6) is 0. The molecule has 43 valence electrons. The van der Waals surface area contributed by atoms with E-state index in [1.165, 1.54) is 0 Å². The quantitative estimate of drug-likeness (QED) is 0.650. The zero-order valence-corrected chi connectivity index (χ0v) is 8.59. The molecule has 0 aromatic carbocycles. The van der Waals surface area contributed by atoms with Gasteiger partial charge in [-0.25, -0.2) is 0 Å². The van der Waals surface area contributed by atoms with Gasteiger partial charge < -0.3 is 6.15 Å². The van der Waals surface area contributed by atoms with Gasteiger partial charge in [-0.3, -0.25) is 0 Å². The average Bonchev–Trinajstić information content (AvgIpc) is 1.35. The fourth-order valence-electron chi connectivity index (χ4n) is 0.0309. The normalized spacial score (nSPS) is 5.29. The zero-order valence-electron chi connectivity index (χ0n) is 3.32. The molecule has 0 unspecified atom stereocenters. The van der Waals surface area contributed by atoms with Crippen LogP contribution in [0.1, 0.15) is 0 Å². The van der Waals surface area contributed by atoms with Gasteiger partial charge in [0.2, 0.25) is 0 Å². The molecule has 4 nitrogen and oxygen atoms in total. The molecule has 0 spiro atoms. The summed E-state index contributed by atoms with van der Waals surface area (Å²) in [5, 5.41) is 7.70. The Morgan fingerprint density at radius 3 is 2.29 bits per heavy atom. The number of rotatable bonds is 1. The number of carbonyl (C=O) groups is 1.